The molecule has 0 bridgehead atoms. The number of carbonyl (C=O) groups is 8. The van der Waals surface area contributed by atoms with Crippen LogP contribution >= 0.6 is 25.3 Å². The van der Waals surface area contributed by atoms with Gasteiger partial charge in [0.2, 0.25) is 47.3 Å². The molecular weight excluding hydrogens is 845 g/mol. The summed E-state index contributed by atoms with van der Waals surface area (Å²) in [6.45, 7) is 4.00. The number of nitrogens with zero attached hydrogens (tertiary/aromatic N) is 1. The summed E-state index contributed by atoms with van der Waals surface area (Å²) in [5, 5.41) is 39.4. The van der Waals surface area contributed by atoms with Gasteiger partial charge in [-0.2, -0.15) is 25.3 Å². The highest BCUT2D eigenvalue weighted by atomic mass is 32.1. The molecule has 2 saturated heterocycles. The van der Waals surface area contributed by atoms with Crippen molar-refractivity contribution in [3.8, 4) is 0 Å². The van der Waals surface area contributed by atoms with E-state index in [2.05, 4.69) is 67.5 Å². The molecule has 20 nitrogen and oxygen atoms in total. The van der Waals surface area contributed by atoms with Gasteiger partial charge in [0.1, 0.15) is 48.3 Å². The molecule has 62 heavy (non-hydrogen) atoms. The number of rotatable bonds is 11. The van der Waals surface area contributed by atoms with Crippen LogP contribution in [0.25, 0.3) is 10.9 Å². The van der Waals surface area contributed by atoms with Crippen LogP contribution < -0.4 is 43.0 Å². The number of H-pyrrole nitrogens is 1. The average Bonchev–Trinajstić information content (AvgIpc) is 3.91. The van der Waals surface area contributed by atoms with E-state index in [0.717, 1.165) is 10.9 Å². The molecule has 0 spiro atoms. The van der Waals surface area contributed by atoms with E-state index in [1.54, 1.807) is 20.0 Å². The van der Waals surface area contributed by atoms with Crippen molar-refractivity contribution in [3.05, 3.63) is 36.0 Å². The number of aliphatic hydroxyl groups excluding tert-OH is 2. The summed E-state index contributed by atoms with van der Waals surface area (Å²) in [4.78, 5) is 115. The average molecular weight is 905 g/mol. The van der Waals surface area contributed by atoms with Gasteiger partial charge >= 0.3 is 0 Å². The van der Waals surface area contributed by atoms with Gasteiger partial charge < -0.3 is 63.0 Å². The number of benzene rings is 1. The Balaban J connectivity index is 1.74. The number of thiol groups is 2. The summed E-state index contributed by atoms with van der Waals surface area (Å²) in [7, 11) is 0. The fourth-order valence-electron chi connectivity index (χ4n) is 7.35. The molecule has 4 rings (SSSR count). The number of nitrogens with two attached hydrogens (primary N) is 1. The van der Waals surface area contributed by atoms with Crippen LogP contribution in [-0.4, -0.2) is 153 Å². The van der Waals surface area contributed by atoms with E-state index in [-0.39, 0.29) is 43.9 Å². The molecule has 0 radical (unpaired) electrons. The predicted octanol–water partition coefficient (Wildman–Crippen LogP) is -2.87. The second-order valence-electron chi connectivity index (χ2n) is 15.8. The Morgan fingerprint density at radius 1 is 0.710 bits per heavy atom. The topological polar surface area (TPSA) is 306 Å². The third kappa shape index (κ3) is 12.8. The molecule has 342 valence electrons. The number of para-hydroxylation sites is 1. The Morgan fingerprint density at radius 3 is 1.92 bits per heavy atom. The molecule has 22 heteroatoms. The van der Waals surface area contributed by atoms with E-state index in [9.17, 15) is 48.6 Å². The van der Waals surface area contributed by atoms with Crippen molar-refractivity contribution >= 4 is 83.4 Å². The van der Waals surface area contributed by atoms with Gasteiger partial charge in [-0.15, -0.1) is 0 Å². The SMILES string of the molecule is CC(C)[C@@H]1NC(=O)[C@H](CCCCN)NC(=O)[C@H]([C@H](C)O)NC(=O)[C@H](CO)NC(=O)[C@H](CS)NC(=O)[C@H](Cc2c[nH]c3ccccc23)NC(=O)[C@@H]2CCCN2C(=O)[C@H](CS)NC1=O. The highest BCUT2D eigenvalue weighted by Gasteiger charge is 2.41. The number of unbranched alkanes of at least 4 members (excludes halogenated alkanes) is 1. The summed E-state index contributed by atoms with van der Waals surface area (Å²) >= 11 is 8.58. The van der Waals surface area contributed by atoms with Crippen LogP contribution in [-0.2, 0) is 44.8 Å². The second kappa shape index (κ2) is 23.5. The van der Waals surface area contributed by atoms with E-state index in [1.165, 1.54) is 11.8 Å². The predicted molar refractivity (Wildman–Crippen MR) is 234 cm³/mol. The first-order valence-electron chi connectivity index (χ1n) is 20.7. The highest BCUT2D eigenvalue weighted by molar-refractivity contribution is 7.80. The van der Waals surface area contributed by atoms with Gasteiger partial charge in [-0.25, -0.2) is 0 Å². The molecule has 2 aromatic rings. The van der Waals surface area contributed by atoms with E-state index in [1.807, 2.05) is 24.3 Å². The van der Waals surface area contributed by atoms with E-state index >= 15 is 0 Å². The molecule has 0 unspecified atom stereocenters. The van der Waals surface area contributed by atoms with Crippen molar-refractivity contribution in [2.75, 3.05) is 31.2 Å². The first-order valence-corrected chi connectivity index (χ1v) is 22.0. The van der Waals surface area contributed by atoms with Gasteiger partial charge in [-0.3, -0.25) is 38.4 Å². The first-order chi connectivity index (χ1) is 29.5. The van der Waals surface area contributed by atoms with Gasteiger partial charge in [0.25, 0.3) is 0 Å². The molecule has 9 atom stereocenters. The number of amides is 8. The van der Waals surface area contributed by atoms with Crippen molar-refractivity contribution in [2.45, 2.75) is 114 Å². The number of hydrogen-bond donors (Lipinski definition) is 13. The van der Waals surface area contributed by atoms with Crippen LogP contribution in [0.2, 0.25) is 0 Å². The molecule has 1 aromatic heterocycles. The van der Waals surface area contributed by atoms with E-state index < -0.39 is 114 Å². The number of carbonyl (C=O) groups excluding carboxylic acids is 8. The summed E-state index contributed by atoms with van der Waals surface area (Å²) in [5.41, 5.74) is 7.09. The Bertz CT molecular complexity index is 1930. The number of hydrogen-bond acceptors (Lipinski definition) is 13. The van der Waals surface area contributed by atoms with E-state index in [0.29, 0.717) is 24.8 Å². The van der Waals surface area contributed by atoms with Crippen molar-refractivity contribution in [1.82, 2.24) is 47.1 Å². The molecule has 3 heterocycles. The zero-order valence-electron chi connectivity index (χ0n) is 35.0. The molecule has 1 aromatic carbocycles. The van der Waals surface area contributed by atoms with Crippen molar-refractivity contribution in [1.29, 1.82) is 0 Å². The minimum Gasteiger partial charge on any atom is -0.394 e. The molecule has 2 aliphatic rings. The minimum absolute atomic E-state index is 0.0483. The van der Waals surface area contributed by atoms with Crippen molar-refractivity contribution < 1.29 is 48.6 Å². The standard InChI is InChI=1S/C40H60N10O10S2/c1-20(2)31-38(58)47-29(19-62)40(60)50-14-8-12-30(50)37(57)44-26(15-22-16-42-24-10-5-4-9-23(22)24)34(54)46-28(18-61)36(56)45-27(17-51)35(55)49-32(21(3)52)39(59)43-25(33(53)48-31)11-6-7-13-41/h4-5,9-10,16,20-21,25-32,42,51-52,61-62H,6-8,11-15,17-19,41H2,1-3H3,(H,43,59)(H,44,57)(H,45,56)(H,46,54)(H,47,58)(H,48,53)(H,49,55)/t21-,25-,26-,27-,28-,29-,30-,31-,32-/m0/s1. The lowest BCUT2D eigenvalue weighted by atomic mass is 10.0. The Labute approximate surface area is 370 Å². The molecule has 2 fully saturated rings. The van der Waals surface area contributed by atoms with Gasteiger partial charge in [-0.1, -0.05) is 32.0 Å². The number of aromatic amines is 1. The Morgan fingerprint density at radius 2 is 1.27 bits per heavy atom. The van der Waals surface area contributed by atoms with Gasteiger partial charge in [-0.05, 0) is 63.1 Å². The maximum atomic E-state index is 14.1. The Hall–Kier alpha value is -4.90. The van der Waals surface area contributed by atoms with Crippen LogP contribution in [0.5, 0.6) is 0 Å². The molecule has 12 N–H and O–H groups in total. The largest absolute Gasteiger partial charge is 0.394 e. The van der Waals surface area contributed by atoms with Crippen LogP contribution in [0.1, 0.15) is 58.4 Å². The zero-order valence-corrected chi connectivity index (χ0v) is 36.8. The molecule has 2 aliphatic heterocycles. The smallest absolute Gasteiger partial charge is 0.246 e. The van der Waals surface area contributed by atoms with Crippen LogP contribution in [0, 0.1) is 5.92 Å². The zero-order chi connectivity index (χ0) is 45.7. The maximum Gasteiger partial charge on any atom is 0.246 e. The number of aromatic nitrogens is 1. The lowest BCUT2D eigenvalue weighted by Gasteiger charge is -2.31. The normalized spacial score (nSPS) is 27.3. The molecule has 0 saturated carbocycles. The summed E-state index contributed by atoms with van der Waals surface area (Å²) in [5.74, 6) is -7.62. The van der Waals surface area contributed by atoms with Crippen LogP contribution in [0.4, 0.5) is 0 Å². The quantitative estimate of drug-likeness (QED) is 0.0804. The number of nitrogens with one attached hydrogen (secondary N) is 8. The monoisotopic (exact) mass is 904 g/mol. The maximum absolute atomic E-state index is 14.1. The lowest BCUT2D eigenvalue weighted by Crippen LogP contribution is -2.63. The number of aliphatic hydroxyl groups is 2. The fourth-order valence-corrected chi connectivity index (χ4v) is 7.86. The van der Waals surface area contributed by atoms with Gasteiger partial charge in [0.15, 0.2) is 0 Å². The van der Waals surface area contributed by atoms with Gasteiger partial charge in [0.05, 0.1) is 12.7 Å². The lowest BCUT2D eigenvalue weighted by molar-refractivity contribution is -0.142. The summed E-state index contributed by atoms with van der Waals surface area (Å²) in [6.07, 6.45) is 1.63. The summed E-state index contributed by atoms with van der Waals surface area (Å²) in [6, 6.07) is -3.61. The third-order valence-electron chi connectivity index (χ3n) is 10.9. The van der Waals surface area contributed by atoms with Crippen LogP contribution in [0.3, 0.4) is 0 Å². The van der Waals surface area contributed by atoms with E-state index in [4.69, 9.17) is 5.73 Å². The number of fused-ring (bicyclic) bond motifs is 2. The van der Waals surface area contributed by atoms with Crippen molar-refractivity contribution in [2.24, 2.45) is 11.7 Å². The van der Waals surface area contributed by atoms with Gasteiger partial charge in [0, 0.05) is 41.6 Å². The molecule has 8 amide bonds. The summed E-state index contributed by atoms with van der Waals surface area (Å²) < 4.78 is 0. The molecule has 0 aliphatic carbocycles. The fraction of sp³-hybridized carbons (Fsp3) is 0.600. The second-order valence-corrected chi connectivity index (χ2v) is 16.6. The Kier molecular flexibility index (Phi) is 18.9. The first kappa shape index (κ1) is 49.8. The van der Waals surface area contributed by atoms with Crippen LogP contribution in [0.15, 0.2) is 30.5 Å². The third-order valence-corrected chi connectivity index (χ3v) is 11.6. The van der Waals surface area contributed by atoms with Crippen molar-refractivity contribution in [3.63, 3.8) is 0 Å². The minimum atomic E-state index is -1.70. The molecular formula is C40H60N10O10S2. The highest BCUT2D eigenvalue weighted by Crippen LogP contribution is 2.22.